The lowest BCUT2D eigenvalue weighted by atomic mass is 10.1. The molecule has 2 heteroatoms. The first-order valence-corrected chi connectivity index (χ1v) is 11.9. The van der Waals surface area contributed by atoms with Crippen LogP contribution in [0, 0.1) is 23.7 Å². The monoisotopic (exact) mass is 340 g/mol. The second kappa shape index (κ2) is 9.73. The van der Waals surface area contributed by atoms with E-state index in [0.717, 1.165) is 30.4 Å². The molecule has 1 aromatic rings. The third-order valence-electron chi connectivity index (χ3n) is 4.52. The van der Waals surface area contributed by atoms with E-state index in [4.69, 9.17) is 4.43 Å². The molecule has 1 aromatic carbocycles. The number of unbranched alkanes of at least 4 members (excludes halogenated alkanes) is 2. The van der Waals surface area contributed by atoms with Crippen LogP contribution in [0.3, 0.4) is 0 Å². The molecule has 0 spiro atoms. The van der Waals surface area contributed by atoms with Gasteiger partial charge in [-0.1, -0.05) is 69.9 Å². The molecular weight excluding hydrogens is 308 g/mol. The van der Waals surface area contributed by atoms with Crippen LogP contribution in [0.5, 0.6) is 0 Å². The molecular formula is C22H32OSi. The van der Waals surface area contributed by atoms with Gasteiger partial charge in [-0.2, -0.15) is 0 Å². The summed E-state index contributed by atoms with van der Waals surface area (Å²) in [5.41, 5.74) is 2.06. The average Bonchev–Trinajstić information content (AvgIpc) is 2.51. The predicted molar refractivity (Wildman–Crippen MR) is 107 cm³/mol. The Kier molecular flexibility index (Phi) is 8.33. The van der Waals surface area contributed by atoms with Gasteiger partial charge in [0.2, 0.25) is 0 Å². The topological polar surface area (TPSA) is 9.23 Å². The first kappa shape index (κ1) is 20.6. The molecule has 1 nitrogen and oxygen atoms in total. The molecule has 0 atom stereocenters. The lowest BCUT2D eigenvalue weighted by Gasteiger charge is -2.35. The normalized spacial score (nSPS) is 11.2. The van der Waals surface area contributed by atoms with E-state index in [0.29, 0.717) is 6.61 Å². The molecule has 0 radical (unpaired) electrons. The smallest absolute Gasteiger partial charge is 0.192 e. The van der Waals surface area contributed by atoms with Gasteiger partial charge in [0.1, 0.15) is 0 Å². The number of benzene rings is 1. The van der Waals surface area contributed by atoms with E-state index in [-0.39, 0.29) is 5.04 Å². The Morgan fingerprint density at radius 2 is 1.50 bits per heavy atom. The van der Waals surface area contributed by atoms with Crippen molar-refractivity contribution in [3.8, 4) is 23.7 Å². The molecule has 0 fully saturated rings. The summed E-state index contributed by atoms with van der Waals surface area (Å²) >= 11 is 0. The average molecular weight is 341 g/mol. The van der Waals surface area contributed by atoms with Crippen molar-refractivity contribution < 1.29 is 4.43 Å². The molecule has 0 saturated carbocycles. The fourth-order valence-corrected chi connectivity index (χ4v) is 2.90. The second-order valence-corrected chi connectivity index (χ2v) is 12.4. The van der Waals surface area contributed by atoms with E-state index < -0.39 is 8.32 Å². The summed E-state index contributed by atoms with van der Waals surface area (Å²) in [6, 6.07) is 8.14. The molecule has 0 aliphatic carbocycles. The molecule has 0 saturated heterocycles. The van der Waals surface area contributed by atoms with Gasteiger partial charge in [0.05, 0.1) is 0 Å². The zero-order valence-electron chi connectivity index (χ0n) is 16.3. The van der Waals surface area contributed by atoms with Crippen molar-refractivity contribution in [1.29, 1.82) is 0 Å². The molecule has 130 valence electrons. The molecule has 0 unspecified atom stereocenters. The molecule has 0 aliphatic rings. The lowest BCUT2D eigenvalue weighted by molar-refractivity contribution is 0.296. The van der Waals surface area contributed by atoms with Crippen LogP contribution in [0.4, 0.5) is 0 Å². The van der Waals surface area contributed by atoms with Gasteiger partial charge in [-0.15, -0.1) is 0 Å². The van der Waals surface area contributed by atoms with Gasteiger partial charge < -0.3 is 4.43 Å². The fraction of sp³-hybridized carbons (Fsp3) is 0.545. The summed E-state index contributed by atoms with van der Waals surface area (Å²) < 4.78 is 6.16. The molecule has 0 aliphatic heterocycles. The van der Waals surface area contributed by atoms with Crippen LogP contribution >= 0.6 is 0 Å². The van der Waals surface area contributed by atoms with Crippen molar-refractivity contribution in [3.05, 3.63) is 35.4 Å². The third kappa shape index (κ3) is 6.96. The zero-order valence-corrected chi connectivity index (χ0v) is 17.3. The second-order valence-electron chi connectivity index (χ2n) is 7.61. The van der Waals surface area contributed by atoms with Crippen LogP contribution in [0.1, 0.15) is 64.5 Å². The quantitative estimate of drug-likeness (QED) is 0.363. The number of hydrogen-bond donors (Lipinski definition) is 0. The van der Waals surface area contributed by atoms with Crippen molar-refractivity contribution >= 4 is 8.32 Å². The Morgan fingerprint density at radius 3 is 2.00 bits per heavy atom. The van der Waals surface area contributed by atoms with Crippen LogP contribution in [-0.4, -0.2) is 14.9 Å². The summed E-state index contributed by atoms with van der Waals surface area (Å²) in [6.45, 7) is 14.2. The highest BCUT2D eigenvalue weighted by molar-refractivity contribution is 6.74. The summed E-state index contributed by atoms with van der Waals surface area (Å²) in [7, 11) is -1.66. The lowest BCUT2D eigenvalue weighted by Crippen LogP contribution is -2.40. The zero-order chi connectivity index (χ0) is 18.1. The molecule has 0 heterocycles. The largest absolute Gasteiger partial charge is 0.416 e. The van der Waals surface area contributed by atoms with Crippen LogP contribution in [0.25, 0.3) is 0 Å². The van der Waals surface area contributed by atoms with E-state index in [2.05, 4.69) is 70.5 Å². The predicted octanol–water partition coefficient (Wildman–Crippen LogP) is 5.99. The highest BCUT2D eigenvalue weighted by Gasteiger charge is 2.36. The summed E-state index contributed by atoms with van der Waals surface area (Å²) in [6.07, 6.45) is 4.07. The van der Waals surface area contributed by atoms with Crippen molar-refractivity contribution in [2.24, 2.45) is 0 Å². The molecule has 0 amide bonds. The van der Waals surface area contributed by atoms with Crippen molar-refractivity contribution in [1.82, 2.24) is 0 Å². The Bertz CT molecular complexity index is 630. The van der Waals surface area contributed by atoms with Gasteiger partial charge in [-0.25, -0.2) is 0 Å². The Labute approximate surface area is 150 Å². The summed E-state index contributed by atoms with van der Waals surface area (Å²) in [5.74, 6) is 13.0. The van der Waals surface area contributed by atoms with Gasteiger partial charge in [0.25, 0.3) is 0 Å². The van der Waals surface area contributed by atoms with Gasteiger partial charge >= 0.3 is 0 Å². The minimum Gasteiger partial charge on any atom is -0.416 e. The Hall–Kier alpha value is -1.48. The first-order valence-electron chi connectivity index (χ1n) is 8.98. The van der Waals surface area contributed by atoms with Crippen molar-refractivity contribution in [2.45, 2.75) is 71.5 Å². The highest BCUT2D eigenvalue weighted by Crippen LogP contribution is 2.36. The third-order valence-corrected chi connectivity index (χ3v) is 9.06. The maximum Gasteiger partial charge on any atom is 0.192 e. The maximum absolute atomic E-state index is 6.16. The molecule has 0 bridgehead atoms. The van der Waals surface area contributed by atoms with Crippen molar-refractivity contribution in [3.63, 3.8) is 0 Å². The van der Waals surface area contributed by atoms with Crippen LogP contribution in [0.15, 0.2) is 24.3 Å². The summed E-state index contributed by atoms with van der Waals surface area (Å²) in [5, 5.41) is 0.251. The standard InChI is InChI=1S/C22H32OSi/c1-7-8-9-10-15-20-16-11-12-17-21(20)18-13-14-19-23-24(5,6)22(2,3)4/h11-12,16-17H,7-9,14,19H2,1-6H3. The number of hydrogen-bond acceptors (Lipinski definition) is 1. The number of rotatable bonds is 5. The first-order chi connectivity index (χ1) is 11.3. The Balaban J connectivity index is 2.62. The van der Waals surface area contributed by atoms with Gasteiger partial charge in [0, 0.05) is 30.6 Å². The molecule has 0 aromatic heterocycles. The van der Waals surface area contributed by atoms with Gasteiger partial charge in [-0.05, 0) is 36.7 Å². The summed E-state index contributed by atoms with van der Waals surface area (Å²) in [4.78, 5) is 0. The van der Waals surface area contributed by atoms with Crippen molar-refractivity contribution in [2.75, 3.05) is 6.61 Å². The van der Waals surface area contributed by atoms with Crippen LogP contribution in [0.2, 0.25) is 18.1 Å². The van der Waals surface area contributed by atoms with E-state index in [1.165, 1.54) is 6.42 Å². The minimum atomic E-state index is -1.66. The molecule has 0 N–H and O–H groups in total. The molecule has 1 rings (SSSR count). The SMILES string of the molecule is CCCCC#Cc1ccccc1C#CCCO[Si](C)(C)C(C)(C)C. The highest BCUT2D eigenvalue weighted by atomic mass is 28.4. The van der Waals surface area contributed by atoms with E-state index in [1.54, 1.807) is 0 Å². The van der Waals surface area contributed by atoms with E-state index in [9.17, 15) is 0 Å². The van der Waals surface area contributed by atoms with Gasteiger partial charge in [-0.3, -0.25) is 0 Å². The van der Waals surface area contributed by atoms with Crippen LogP contribution in [-0.2, 0) is 4.43 Å². The maximum atomic E-state index is 6.16. The van der Waals surface area contributed by atoms with Gasteiger partial charge in [0.15, 0.2) is 8.32 Å². The Morgan fingerprint density at radius 1 is 0.958 bits per heavy atom. The van der Waals surface area contributed by atoms with Crippen LogP contribution < -0.4 is 0 Å². The van der Waals surface area contributed by atoms with E-state index in [1.807, 2.05) is 18.2 Å². The minimum absolute atomic E-state index is 0.251. The fourth-order valence-electron chi connectivity index (χ4n) is 1.86. The molecule has 24 heavy (non-hydrogen) atoms. The van der Waals surface area contributed by atoms with E-state index >= 15 is 0 Å².